The smallest absolute Gasteiger partial charge is 0.447 e. The number of alkyl halides is 6. The maximum Gasteiger partial charge on any atom is 0.490 e. The zero-order valence-electron chi connectivity index (χ0n) is 12.4. The van der Waals surface area contributed by atoms with E-state index in [9.17, 15) is 31.1 Å². The van der Waals surface area contributed by atoms with Gasteiger partial charge in [-0.05, 0) is 49.3 Å². The highest BCUT2D eigenvalue weighted by molar-refractivity contribution is 5.76. The van der Waals surface area contributed by atoms with E-state index in [1.807, 2.05) is 0 Å². The lowest BCUT2D eigenvalue weighted by Crippen LogP contribution is -2.41. The minimum atomic E-state index is -5.14. The van der Waals surface area contributed by atoms with Crippen LogP contribution in [0.4, 0.5) is 26.3 Å². The number of hydrogen-bond acceptors (Lipinski definition) is 2. The molecule has 132 valence electrons. The Morgan fingerprint density at radius 1 is 1.04 bits per heavy atom. The lowest BCUT2D eigenvalue weighted by atomic mass is 9.78. The molecular weight excluding hydrogens is 338 g/mol. The topological polar surface area (TPSA) is 26.3 Å². The average molecular weight is 352 g/mol. The van der Waals surface area contributed by atoms with Gasteiger partial charge in [-0.1, -0.05) is 12.1 Å². The first-order chi connectivity index (χ1) is 11.0. The minimum absolute atomic E-state index is 0.123. The molecule has 0 spiro atoms. The Morgan fingerprint density at radius 2 is 1.67 bits per heavy atom. The van der Waals surface area contributed by atoms with Gasteiger partial charge >= 0.3 is 18.3 Å². The molecule has 24 heavy (non-hydrogen) atoms. The van der Waals surface area contributed by atoms with Crippen molar-refractivity contribution < 1.29 is 35.9 Å². The highest BCUT2D eigenvalue weighted by Crippen LogP contribution is 2.58. The van der Waals surface area contributed by atoms with Gasteiger partial charge in [-0.25, -0.2) is 4.79 Å². The van der Waals surface area contributed by atoms with Crippen LogP contribution in [-0.4, -0.2) is 12.1 Å². The summed E-state index contributed by atoms with van der Waals surface area (Å²) in [7, 11) is 0. The van der Waals surface area contributed by atoms with Crippen LogP contribution in [0.15, 0.2) is 24.3 Å². The van der Waals surface area contributed by atoms with E-state index in [0.29, 0.717) is 12.8 Å². The second-order valence-electron chi connectivity index (χ2n) is 6.43. The van der Waals surface area contributed by atoms with Crippen LogP contribution in [0.3, 0.4) is 0 Å². The molecule has 0 heterocycles. The summed E-state index contributed by atoms with van der Waals surface area (Å²) in [5, 5.41) is 0. The Labute approximate surface area is 133 Å². The monoisotopic (exact) mass is 352 g/mol. The molecule has 0 aromatic heterocycles. The zero-order valence-corrected chi connectivity index (χ0v) is 12.4. The summed E-state index contributed by atoms with van der Waals surface area (Å²) >= 11 is 0. The second-order valence-corrected chi connectivity index (χ2v) is 6.43. The fourth-order valence-electron chi connectivity index (χ4n) is 3.98. The van der Waals surface area contributed by atoms with Crippen LogP contribution in [0.1, 0.15) is 36.8 Å². The third-order valence-corrected chi connectivity index (χ3v) is 5.00. The molecule has 0 N–H and O–H groups in total. The highest BCUT2D eigenvalue weighted by Gasteiger charge is 2.57. The van der Waals surface area contributed by atoms with Crippen molar-refractivity contribution in [1.82, 2.24) is 0 Å². The minimum Gasteiger partial charge on any atom is -0.447 e. The van der Waals surface area contributed by atoms with E-state index in [1.165, 1.54) is 0 Å². The van der Waals surface area contributed by atoms with E-state index in [-0.39, 0.29) is 23.8 Å². The Balaban J connectivity index is 1.96. The first-order valence-corrected chi connectivity index (χ1v) is 7.50. The molecule has 1 aromatic rings. The molecule has 8 heteroatoms. The van der Waals surface area contributed by atoms with Crippen molar-refractivity contribution in [3.05, 3.63) is 35.4 Å². The molecular formula is C16H14F6O2. The predicted molar refractivity (Wildman–Crippen MR) is 70.7 cm³/mol. The molecule has 0 unspecified atom stereocenters. The van der Waals surface area contributed by atoms with Gasteiger partial charge in [0.2, 0.25) is 0 Å². The van der Waals surface area contributed by atoms with Crippen LogP contribution in [0.5, 0.6) is 0 Å². The van der Waals surface area contributed by atoms with Crippen LogP contribution in [0.25, 0.3) is 0 Å². The predicted octanol–water partition coefficient (Wildman–Crippen LogP) is 4.83. The van der Waals surface area contributed by atoms with E-state index in [4.69, 9.17) is 4.74 Å². The number of rotatable bonds is 2. The molecule has 1 aromatic carbocycles. The molecule has 0 radical (unpaired) electrons. The van der Waals surface area contributed by atoms with Crippen molar-refractivity contribution >= 4 is 5.97 Å². The second kappa shape index (κ2) is 5.39. The molecule has 2 aliphatic rings. The molecule has 0 aliphatic heterocycles. The Bertz CT molecular complexity index is 633. The number of fused-ring (bicyclic) bond motifs is 2. The van der Waals surface area contributed by atoms with Crippen molar-refractivity contribution in [1.29, 1.82) is 0 Å². The van der Waals surface area contributed by atoms with Crippen LogP contribution in [0.2, 0.25) is 0 Å². The number of carbonyl (C=O) groups is 1. The standard InChI is InChI=1S/C16H14F6O2/c17-15(18,19)11-5-3-10(4-6-11)14(24-13(23)16(20,21)22)8-9-1-2-12(14)7-9/h3-6,9,12H,1-2,7-8H2/t9-,12+,14+/m0/s1. The Kier molecular flexibility index (Phi) is 3.84. The fraction of sp³-hybridized carbons (Fsp3) is 0.562. The summed E-state index contributed by atoms with van der Waals surface area (Å²) in [6, 6.07) is 3.86. The molecule has 0 amide bonds. The fourth-order valence-corrected chi connectivity index (χ4v) is 3.98. The van der Waals surface area contributed by atoms with Crippen molar-refractivity contribution in [3.8, 4) is 0 Å². The van der Waals surface area contributed by atoms with Gasteiger partial charge in [0.05, 0.1) is 5.56 Å². The molecule has 3 rings (SSSR count). The van der Waals surface area contributed by atoms with Crippen LogP contribution in [-0.2, 0) is 21.3 Å². The first-order valence-electron chi connectivity index (χ1n) is 7.50. The van der Waals surface area contributed by atoms with Gasteiger partial charge in [-0.2, -0.15) is 26.3 Å². The molecule has 2 nitrogen and oxygen atoms in total. The summed E-state index contributed by atoms with van der Waals surface area (Å²) < 4.78 is 80.8. The third-order valence-electron chi connectivity index (χ3n) is 5.00. The number of carbonyl (C=O) groups excluding carboxylic acids is 1. The van der Waals surface area contributed by atoms with E-state index in [1.54, 1.807) is 0 Å². The molecule has 2 fully saturated rings. The van der Waals surface area contributed by atoms with Gasteiger partial charge in [0.15, 0.2) is 0 Å². The summed E-state index contributed by atoms with van der Waals surface area (Å²) in [6.45, 7) is 0. The summed E-state index contributed by atoms with van der Waals surface area (Å²) in [6.07, 6.45) is -7.42. The molecule has 2 saturated carbocycles. The van der Waals surface area contributed by atoms with Crippen LogP contribution >= 0.6 is 0 Å². The lowest BCUT2D eigenvalue weighted by molar-refractivity contribution is -0.220. The van der Waals surface area contributed by atoms with E-state index >= 15 is 0 Å². The van der Waals surface area contributed by atoms with Crippen molar-refractivity contribution in [2.75, 3.05) is 0 Å². The quantitative estimate of drug-likeness (QED) is 0.563. The highest BCUT2D eigenvalue weighted by atomic mass is 19.4. The van der Waals surface area contributed by atoms with Gasteiger partial charge in [-0.3, -0.25) is 0 Å². The molecule has 2 aliphatic carbocycles. The number of ether oxygens (including phenoxy) is 1. The molecule has 3 atom stereocenters. The van der Waals surface area contributed by atoms with E-state index in [0.717, 1.165) is 30.7 Å². The van der Waals surface area contributed by atoms with Crippen molar-refractivity contribution in [2.45, 2.75) is 43.6 Å². The van der Waals surface area contributed by atoms with Crippen molar-refractivity contribution in [3.63, 3.8) is 0 Å². The largest absolute Gasteiger partial charge is 0.490 e. The van der Waals surface area contributed by atoms with Gasteiger partial charge < -0.3 is 4.74 Å². The van der Waals surface area contributed by atoms with Gasteiger partial charge in [0.1, 0.15) is 5.60 Å². The summed E-state index contributed by atoms with van der Waals surface area (Å²) in [5.41, 5.74) is -2.19. The number of hydrogen-bond donors (Lipinski definition) is 0. The lowest BCUT2D eigenvalue weighted by Gasteiger charge is -2.38. The van der Waals surface area contributed by atoms with Gasteiger partial charge in [0.25, 0.3) is 0 Å². The maximum atomic E-state index is 12.7. The Hall–Kier alpha value is -1.73. The normalized spacial score (nSPS) is 29.8. The van der Waals surface area contributed by atoms with Gasteiger partial charge in [-0.15, -0.1) is 0 Å². The van der Waals surface area contributed by atoms with E-state index in [2.05, 4.69) is 0 Å². The summed E-state index contributed by atoms with van der Waals surface area (Å²) in [4.78, 5) is 11.4. The molecule has 2 bridgehead atoms. The number of halogens is 6. The third kappa shape index (κ3) is 2.86. The Morgan fingerprint density at radius 3 is 2.08 bits per heavy atom. The first kappa shape index (κ1) is 17.1. The molecule has 0 saturated heterocycles. The average Bonchev–Trinajstić information content (AvgIpc) is 3.06. The van der Waals surface area contributed by atoms with Gasteiger partial charge in [0, 0.05) is 5.92 Å². The van der Waals surface area contributed by atoms with Crippen LogP contribution < -0.4 is 0 Å². The zero-order chi connectivity index (χ0) is 17.8. The van der Waals surface area contributed by atoms with E-state index < -0.39 is 29.5 Å². The number of esters is 1. The number of benzene rings is 1. The summed E-state index contributed by atoms with van der Waals surface area (Å²) in [5.74, 6) is -2.47. The van der Waals surface area contributed by atoms with Crippen LogP contribution in [0, 0.1) is 11.8 Å². The van der Waals surface area contributed by atoms with Crippen molar-refractivity contribution in [2.24, 2.45) is 11.8 Å². The maximum absolute atomic E-state index is 12.7. The SMILES string of the molecule is O=C(O[C@@]1(c2ccc(C(F)(F)F)cc2)C[C@H]2CC[C@@H]1C2)C(F)(F)F.